The Balaban J connectivity index is 1.78. The number of fused-ring (bicyclic) bond motifs is 1. The molecule has 170 valence electrons. The van der Waals surface area contributed by atoms with Crippen molar-refractivity contribution in [3.8, 4) is 0 Å². The van der Waals surface area contributed by atoms with E-state index < -0.39 is 16.1 Å². The fourth-order valence-electron chi connectivity index (χ4n) is 3.88. The second-order valence-electron chi connectivity index (χ2n) is 7.56. The topological polar surface area (TPSA) is 86.8 Å². The van der Waals surface area contributed by atoms with Gasteiger partial charge in [0.1, 0.15) is 6.04 Å². The third kappa shape index (κ3) is 4.92. The van der Waals surface area contributed by atoms with E-state index in [0.29, 0.717) is 31.6 Å². The number of likely N-dealkylation sites (N-methyl/N-ethyl adjacent to an activating group) is 1. The molecule has 1 atom stereocenters. The summed E-state index contributed by atoms with van der Waals surface area (Å²) in [4.78, 5) is 27.2. The normalized spacial score (nSPS) is 16.2. The van der Waals surface area contributed by atoms with Crippen LogP contribution in [0, 0.1) is 0 Å². The molecule has 2 aromatic carbocycles. The number of hydrogen-bond donors (Lipinski definition) is 1. The molecular formula is C24H29N3O4S. The van der Waals surface area contributed by atoms with Gasteiger partial charge in [-0.2, -0.15) is 4.31 Å². The van der Waals surface area contributed by atoms with E-state index in [1.807, 2.05) is 24.3 Å². The molecule has 0 bridgehead atoms. The summed E-state index contributed by atoms with van der Waals surface area (Å²) in [6.45, 7) is 4.77. The van der Waals surface area contributed by atoms with Crippen molar-refractivity contribution >= 4 is 27.9 Å². The molecule has 3 rings (SSSR count). The van der Waals surface area contributed by atoms with Crippen LogP contribution < -0.4 is 5.32 Å². The number of amides is 2. The van der Waals surface area contributed by atoms with Crippen LogP contribution in [0.15, 0.2) is 59.5 Å². The highest BCUT2D eigenvalue weighted by molar-refractivity contribution is 7.89. The summed E-state index contributed by atoms with van der Waals surface area (Å²) in [7, 11) is -1.96. The van der Waals surface area contributed by atoms with Crippen molar-refractivity contribution in [2.75, 3.05) is 20.1 Å². The standard InChI is InChI=1S/C24H29N3O4S/c1-4-26(5-2)32(30,31)21-13-10-18(11-14-21)12-15-23(28)27-17-20-9-7-6-8-19(20)16-22(27)24(29)25-3/h6-15,22H,4-5,16-17H2,1-3H3,(H,25,29). The molecule has 1 aliphatic heterocycles. The first kappa shape index (κ1) is 23.7. The summed E-state index contributed by atoms with van der Waals surface area (Å²) in [5, 5.41) is 2.65. The zero-order chi connectivity index (χ0) is 23.3. The zero-order valence-electron chi connectivity index (χ0n) is 18.6. The van der Waals surface area contributed by atoms with Crippen molar-refractivity contribution in [3.63, 3.8) is 0 Å². The van der Waals surface area contributed by atoms with Crippen molar-refractivity contribution in [2.45, 2.75) is 37.8 Å². The van der Waals surface area contributed by atoms with Gasteiger partial charge in [-0.3, -0.25) is 9.59 Å². The van der Waals surface area contributed by atoms with E-state index in [0.717, 1.165) is 11.1 Å². The zero-order valence-corrected chi connectivity index (χ0v) is 19.4. The van der Waals surface area contributed by atoms with Crippen LogP contribution in [0.2, 0.25) is 0 Å². The molecular weight excluding hydrogens is 426 g/mol. The summed E-state index contributed by atoms with van der Waals surface area (Å²) in [6, 6.07) is 13.7. The molecule has 0 aliphatic carbocycles. The van der Waals surface area contributed by atoms with Crippen molar-refractivity contribution in [1.82, 2.24) is 14.5 Å². The van der Waals surface area contributed by atoms with Crippen LogP contribution >= 0.6 is 0 Å². The van der Waals surface area contributed by atoms with E-state index in [2.05, 4.69) is 5.32 Å². The van der Waals surface area contributed by atoms with Gasteiger partial charge >= 0.3 is 0 Å². The number of carbonyl (C=O) groups excluding carboxylic acids is 2. The smallest absolute Gasteiger partial charge is 0.247 e. The number of nitrogens with zero attached hydrogens (tertiary/aromatic N) is 2. The van der Waals surface area contributed by atoms with Gasteiger partial charge in [-0.15, -0.1) is 0 Å². The molecule has 0 saturated carbocycles. The van der Waals surface area contributed by atoms with E-state index in [-0.39, 0.29) is 16.7 Å². The molecule has 7 nitrogen and oxygen atoms in total. The van der Waals surface area contributed by atoms with Crippen molar-refractivity contribution < 1.29 is 18.0 Å². The van der Waals surface area contributed by atoms with Crippen LogP contribution in [-0.4, -0.2) is 55.6 Å². The monoisotopic (exact) mass is 455 g/mol. The molecule has 1 unspecified atom stereocenters. The second-order valence-corrected chi connectivity index (χ2v) is 9.50. The number of nitrogens with one attached hydrogen (secondary N) is 1. The Kier molecular flexibility index (Phi) is 7.48. The van der Waals surface area contributed by atoms with Gasteiger partial charge < -0.3 is 10.2 Å². The number of sulfonamides is 1. The quantitative estimate of drug-likeness (QED) is 0.650. The lowest BCUT2D eigenvalue weighted by molar-refractivity contribution is -0.138. The first-order chi connectivity index (χ1) is 15.3. The summed E-state index contributed by atoms with van der Waals surface area (Å²) in [6.07, 6.45) is 3.53. The molecule has 8 heteroatoms. The highest BCUT2D eigenvalue weighted by atomic mass is 32.2. The molecule has 2 amide bonds. The maximum Gasteiger partial charge on any atom is 0.247 e. The van der Waals surface area contributed by atoms with E-state index in [4.69, 9.17) is 0 Å². The van der Waals surface area contributed by atoms with Gasteiger partial charge in [-0.05, 0) is 34.9 Å². The SMILES string of the molecule is CCN(CC)S(=O)(=O)c1ccc(C=CC(=O)N2Cc3ccccc3CC2C(=O)NC)cc1. The van der Waals surface area contributed by atoms with Gasteiger partial charge in [0.25, 0.3) is 0 Å². The minimum Gasteiger partial charge on any atom is -0.357 e. The summed E-state index contributed by atoms with van der Waals surface area (Å²) in [5.74, 6) is -0.472. The van der Waals surface area contributed by atoms with Gasteiger partial charge in [0.2, 0.25) is 21.8 Å². The van der Waals surface area contributed by atoms with Gasteiger partial charge in [-0.1, -0.05) is 50.2 Å². The summed E-state index contributed by atoms with van der Waals surface area (Å²) >= 11 is 0. The third-order valence-electron chi connectivity index (χ3n) is 5.72. The van der Waals surface area contributed by atoms with Crippen molar-refractivity contribution in [3.05, 3.63) is 71.3 Å². The van der Waals surface area contributed by atoms with Crippen LogP contribution in [0.1, 0.15) is 30.5 Å². The van der Waals surface area contributed by atoms with Crippen molar-refractivity contribution in [1.29, 1.82) is 0 Å². The Bertz CT molecular complexity index is 1110. The maximum absolute atomic E-state index is 13.0. The first-order valence-electron chi connectivity index (χ1n) is 10.7. The van der Waals surface area contributed by atoms with Crippen LogP contribution in [0.25, 0.3) is 6.08 Å². The molecule has 2 aromatic rings. The number of rotatable bonds is 7. The molecule has 0 radical (unpaired) electrons. The summed E-state index contributed by atoms with van der Waals surface area (Å²) < 4.78 is 26.6. The summed E-state index contributed by atoms with van der Waals surface area (Å²) in [5.41, 5.74) is 2.80. The minimum atomic E-state index is -3.52. The Morgan fingerprint density at radius 3 is 2.28 bits per heavy atom. The minimum absolute atomic E-state index is 0.202. The van der Waals surface area contributed by atoms with Gasteiger partial charge in [-0.25, -0.2) is 8.42 Å². The molecule has 0 saturated heterocycles. The molecule has 0 aromatic heterocycles. The average molecular weight is 456 g/mol. The Hall–Kier alpha value is -2.97. The van der Waals surface area contributed by atoms with Gasteiger partial charge in [0.05, 0.1) is 4.90 Å². The lowest BCUT2D eigenvalue weighted by atomic mass is 9.93. The fourth-order valence-corrected chi connectivity index (χ4v) is 5.34. The predicted octanol–water partition coefficient (Wildman–Crippen LogP) is 2.43. The number of benzene rings is 2. The van der Waals surface area contributed by atoms with E-state index in [9.17, 15) is 18.0 Å². The highest BCUT2D eigenvalue weighted by Crippen LogP contribution is 2.24. The van der Waals surface area contributed by atoms with Crippen LogP contribution in [0.5, 0.6) is 0 Å². The molecule has 32 heavy (non-hydrogen) atoms. The fraction of sp³-hybridized carbons (Fsp3) is 0.333. The van der Waals surface area contributed by atoms with E-state index in [1.165, 1.54) is 10.4 Å². The average Bonchev–Trinajstić information content (AvgIpc) is 2.82. The van der Waals surface area contributed by atoms with Gasteiger partial charge in [0, 0.05) is 39.2 Å². The highest BCUT2D eigenvalue weighted by Gasteiger charge is 2.33. The lowest BCUT2D eigenvalue weighted by Gasteiger charge is -2.35. The predicted molar refractivity (Wildman–Crippen MR) is 124 cm³/mol. The largest absolute Gasteiger partial charge is 0.357 e. The maximum atomic E-state index is 13.0. The van der Waals surface area contributed by atoms with Crippen LogP contribution in [-0.2, 0) is 32.6 Å². The number of hydrogen-bond acceptors (Lipinski definition) is 4. The van der Waals surface area contributed by atoms with Crippen LogP contribution in [0.3, 0.4) is 0 Å². The first-order valence-corrected chi connectivity index (χ1v) is 12.1. The second kappa shape index (κ2) is 10.1. The van der Waals surface area contributed by atoms with E-state index in [1.54, 1.807) is 56.1 Å². The third-order valence-corrected chi connectivity index (χ3v) is 7.79. The van der Waals surface area contributed by atoms with Crippen molar-refractivity contribution in [2.24, 2.45) is 0 Å². The van der Waals surface area contributed by atoms with Gasteiger partial charge in [0.15, 0.2) is 0 Å². The van der Waals surface area contributed by atoms with Crippen LogP contribution in [0.4, 0.5) is 0 Å². The molecule has 1 heterocycles. The Morgan fingerprint density at radius 1 is 1.06 bits per heavy atom. The number of carbonyl (C=O) groups is 2. The molecule has 1 N–H and O–H groups in total. The van der Waals surface area contributed by atoms with E-state index >= 15 is 0 Å². The molecule has 0 fully saturated rings. The molecule has 1 aliphatic rings. The Labute approximate surface area is 189 Å². The molecule has 0 spiro atoms. The Morgan fingerprint density at radius 2 is 1.69 bits per heavy atom. The lowest BCUT2D eigenvalue weighted by Crippen LogP contribution is -2.51.